The third-order valence-electron chi connectivity index (χ3n) is 6.15. The predicted octanol–water partition coefficient (Wildman–Crippen LogP) is 1.22. The highest BCUT2D eigenvalue weighted by molar-refractivity contribution is 9.10. The van der Waals surface area contributed by atoms with E-state index < -0.39 is 54.6 Å². The van der Waals surface area contributed by atoms with E-state index in [1.54, 1.807) is 24.3 Å². The van der Waals surface area contributed by atoms with E-state index in [1.807, 2.05) is 0 Å². The Labute approximate surface area is 201 Å². The zero-order valence-electron chi connectivity index (χ0n) is 16.4. The Hall–Kier alpha value is -2.17. The fraction of sp³-hybridized carbons (Fsp3) is 0.450. The molecule has 9 nitrogen and oxygen atoms in total. The summed E-state index contributed by atoms with van der Waals surface area (Å²) in [7, 11) is 0. The molecule has 12 heteroatoms. The summed E-state index contributed by atoms with van der Waals surface area (Å²) >= 11 is 15.8. The molecule has 3 aliphatic rings. The van der Waals surface area contributed by atoms with Crippen LogP contribution in [0, 0.1) is 23.7 Å². The number of fused-ring (bicyclic) bond motifs is 5. The quantitative estimate of drug-likeness (QED) is 0.248. The summed E-state index contributed by atoms with van der Waals surface area (Å²) in [5.41, 5.74) is 4.63. The Morgan fingerprint density at radius 2 is 1.56 bits per heavy atom. The number of rotatable bonds is 5. The number of nitrogens with one attached hydrogen (secondary N) is 2. The smallest absolute Gasteiger partial charge is 0.326 e. The van der Waals surface area contributed by atoms with Crippen LogP contribution in [0.4, 0.5) is 0 Å². The van der Waals surface area contributed by atoms with Gasteiger partial charge in [-0.25, -0.2) is 0 Å². The number of hydrogen-bond acceptors (Lipinski definition) is 6. The molecule has 0 unspecified atom stereocenters. The minimum absolute atomic E-state index is 0.188. The minimum Gasteiger partial charge on any atom is -0.454 e. The summed E-state index contributed by atoms with van der Waals surface area (Å²) < 4.78 is 5.64. The highest BCUT2D eigenvalue weighted by atomic mass is 79.9. The maximum Gasteiger partial charge on any atom is 0.326 e. The van der Waals surface area contributed by atoms with Gasteiger partial charge in [-0.3, -0.25) is 39.7 Å². The first-order chi connectivity index (χ1) is 15.2. The molecule has 1 saturated heterocycles. The van der Waals surface area contributed by atoms with Crippen LogP contribution in [0.2, 0.25) is 0 Å². The van der Waals surface area contributed by atoms with Crippen molar-refractivity contribution >= 4 is 68.7 Å². The summed E-state index contributed by atoms with van der Waals surface area (Å²) in [6.07, 6.45) is 0.625. The van der Waals surface area contributed by atoms with Gasteiger partial charge in [-0.15, -0.1) is 23.2 Å². The zero-order valence-corrected chi connectivity index (χ0v) is 19.5. The monoisotopic (exact) mass is 545 g/mol. The first-order valence-corrected chi connectivity index (χ1v) is 11.5. The molecule has 32 heavy (non-hydrogen) atoms. The van der Waals surface area contributed by atoms with Crippen molar-refractivity contribution in [3.05, 3.63) is 34.3 Å². The second-order valence-electron chi connectivity index (χ2n) is 7.94. The van der Waals surface area contributed by atoms with Gasteiger partial charge in [0.1, 0.15) is 6.54 Å². The molecule has 1 aliphatic heterocycles. The molecule has 6 atom stereocenters. The molecule has 0 radical (unpaired) electrons. The molecule has 0 aromatic heterocycles. The van der Waals surface area contributed by atoms with Gasteiger partial charge in [-0.2, -0.15) is 0 Å². The molecule has 4 rings (SSSR count). The van der Waals surface area contributed by atoms with Crippen LogP contribution in [0.5, 0.6) is 0 Å². The first kappa shape index (κ1) is 23.0. The number of nitrogens with zero attached hydrogens (tertiary/aromatic N) is 1. The van der Waals surface area contributed by atoms with Crippen LogP contribution in [0.1, 0.15) is 16.8 Å². The summed E-state index contributed by atoms with van der Waals surface area (Å²) in [4.78, 5) is 62.2. The summed E-state index contributed by atoms with van der Waals surface area (Å²) in [6, 6.07) is 6.44. The van der Waals surface area contributed by atoms with Crippen molar-refractivity contribution in [3.8, 4) is 0 Å². The van der Waals surface area contributed by atoms with Crippen LogP contribution in [-0.4, -0.2) is 58.4 Å². The van der Waals surface area contributed by atoms with Gasteiger partial charge in [0.15, 0.2) is 6.61 Å². The number of carbonyl (C=O) groups excluding carboxylic acids is 5. The molecule has 0 spiro atoms. The van der Waals surface area contributed by atoms with E-state index in [-0.39, 0.29) is 22.6 Å². The van der Waals surface area contributed by atoms with Crippen LogP contribution in [-0.2, 0) is 23.9 Å². The van der Waals surface area contributed by atoms with Gasteiger partial charge in [0.2, 0.25) is 11.8 Å². The van der Waals surface area contributed by atoms with E-state index >= 15 is 0 Å². The molecular formula is C20H18BrCl2N3O6. The van der Waals surface area contributed by atoms with Gasteiger partial charge >= 0.3 is 5.97 Å². The van der Waals surface area contributed by atoms with Crippen molar-refractivity contribution in [2.45, 2.75) is 17.2 Å². The SMILES string of the molecule is O=C(COC(=O)CN1C(=O)[C@@H]2[C@H]3C[C@@H]([C@H](Cl)[C@H]3Cl)[C@@H]2C1=O)NNC(=O)c1ccc(Br)cc1. The van der Waals surface area contributed by atoms with Crippen molar-refractivity contribution in [2.75, 3.05) is 13.2 Å². The largest absolute Gasteiger partial charge is 0.454 e. The molecule has 1 heterocycles. The molecule has 2 saturated carbocycles. The lowest BCUT2D eigenvalue weighted by Gasteiger charge is -2.28. The number of esters is 1. The van der Waals surface area contributed by atoms with Gasteiger partial charge in [0.05, 0.1) is 22.6 Å². The first-order valence-electron chi connectivity index (χ1n) is 9.82. The molecule has 4 amide bonds. The number of hydrogen-bond donors (Lipinski definition) is 2. The molecule has 1 aromatic carbocycles. The Kier molecular flexibility index (Phi) is 6.46. The number of hydrazine groups is 1. The van der Waals surface area contributed by atoms with E-state index in [2.05, 4.69) is 26.8 Å². The normalized spacial score (nSPS) is 30.3. The van der Waals surface area contributed by atoms with Crippen molar-refractivity contribution in [2.24, 2.45) is 23.7 Å². The van der Waals surface area contributed by atoms with Gasteiger partial charge < -0.3 is 4.74 Å². The Bertz CT molecular complexity index is 958. The average molecular weight is 547 g/mol. The molecule has 1 aromatic rings. The van der Waals surface area contributed by atoms with E-state index in [0.717, 1.165) is 9.37 Å². The predicted molar refractivity (Wildman–Crippen MR) is 115 cm³/mol. The highest BCUT2D eigenvalue weighted by Gasteiger charge is 2.66. The van der Waals surface area contributed by atoms with Crippen LogP contribution >= 0.6 is 39.1 Å². The lowest BCUT2D eigenvalue weighted by atomic mass is 9.80. The van der Waals surface area contributed by atoms with Crippen LogP contribution in [0.25, 0.3) is 0 Å². The molecule has 2 aliphatic carbocycles. The molecule has 170 valence electrons. The number of likely N-dealkylation sites (tertiary alicyclic amines) is 1. The maximum absolute atomic E-state index is 12.7. The Balaban J connectivity index is 1.24. The number of imide groups is 1. The third-order valence-corrected chi connectivity index (χ3v) is 8.00. The van der Waals surface area contributed by atoms with Gasteiger partial charge in [0.25, 0.3) is 11.8 Å². The van der Waals surface area contributed by atoms with Crippen LogP contribution < -0.4 is 10.9 Å². The molecule has 3 fully saturated rings. The van der Waals surface area contributed by atoms with Crippen molar-refractivity contribution in [1.29, 1.82) is 0 Å². The number of carbonyl (C=O) groups is 5. The van der Waals surface area contributed by atoms with Crippen LogP contribution in [0.15, 0.2) is 28.7 Å². The number of alkyl halides is 2. The zero-order chi connectivity index (χ0) is 23.2. The van der Waals surface area contributed by atoms with Crippen molar-refractivity contribution < 1.29 is 28.7 Å². The van der Waals surface area contributed by atoms with Gasteiger partial charge in [-0.1, -0.05) is 15.9 Å². The fourth-order valence-corrected chi connectivity index (χ4v) is 5.88. The van der Waals surface area contributed by atoms with Crippen LogP contribution in [0.3, 0.4) is 0 Å². The number of ether oxygens (including phenoxy) is 1. The second kappa shape index (κ2) is 8.99. The third kappa shape index (κ3) is 4.11. The standard InChI is InChI=1S/C20H18BrCl2N3O6/c21-9-3-1-8(2-4-9)18(29)25-24-12(27)7-32-13(28)6-26-19(30)14-10-5-11(15(14)20(26)31)17(23)16(10)22/h1-4,10-11,14-17H,5-7H2,(H,24,27)(H,25,29)/t10-,11-,14-,15+,16+,17+/m1/s1. The lowest BCUT2D eigenvalue weighted by Crippen LogP contribution is -2.44. The number of amides is 4. The van der Waals surface area contributed by atoms with E-state index in [9.17, 15) is 24.0 Å². The lowest BCUT2D eigenvalue weighted by molar-refractivity contribution is -0.155. The molecular weight excluding hydrogens is 529 g/mol. The second-order valence-corrected chi connectivity index (χ2v) is 9.86. The van der Waals surface area contributed by atoms with E-state index in [4.69, 9.17) is 27.9 Å². The fourth-order valence-electron chi connectivity index (χ4n) is 4.72. The number of halogens is 3. The average Bonchev–Trinajstić information content (AvgIpc) is 3.37. The summed E-state index contributed by atoms with van der Waals surface area (Å²) in [6.45, 7) is -1.29. The summed E-state index contributed by atoms with van der Waals surface area (Å²) in [5.74, 6) is -4.66. The molecule has 2 N–H and O–H groups in total. The van der Waals surface area contributed by atoms with E-state index in [1.165, 1.54) is 0 Å². The highest BCUT2D eigenvalue weighted by Crippen LogP contribution is 2.59. The number of benzene rings is 1. The Morgan fingerprint density at radius 1 is 1.00 bits per heavy atom. The topological polar surface area (TPSA) is 122 Å². The van der Waals surface area contributed by atoms with Gasteiger partial charge in [-0.05, 0) is 42.5 Å². The molecule has 2 bridgehead atoms. The van der Waals surface area contributed by atoms with Crippen molar-refractivity contribution in [1.82, 2.24) is 15.8 Å². The minimum atomic E-state index is -0.918. The summed E-state index contributed by atoms with van der Waals surface area (Å²) in [5, 5.41) is -0.772. The maximum atomic E-state index is 12.7. The van der Waals surface area contributed by atoms with Crippen molar-refractivity contribution in [3.63, 3.8) is 0 Å². The van der Waals surface area contributed by atoms with E-state index in [0.29, 0.717) is 12.0 Å². The Morgan fingerprint density at radius 3 is 2.12 bits per heavy atom. The van der Waals surface area contributed by atoms with Gasteiger partial charge in [0, 0.05) is 10.0 Å².